The number of esters is 2. The fourth-order valence-electron chi connectivity index (χ4n) is 3.27. The van der Waals surface area contributed by atoms with Gasteiger partial charge in [-0.15, -0.1) is 0 Å². The fraction of sp³-hybridized carbons (Fsp3) is 0.762. The number of hydrogen-bond donors (Lipinski definition) is 0. The number of aldehydes is 1. The molecule has 0 radical (unpaired) electrons. The largest absolute Gasteiger partial charge is 0.466 e. The molecule has 0 amide bonds. The van der Waals surface area contributed by atoms with Crippen LogP contribution in [0.1, 0.15) is 67.2 Å². The van der Waals surface area contributed by atoms with Crippen LogP contribution in [0.4, 0.5) is 0 Å². The first kappa shape index (κ1) is 23.3. The molecule has 1 saturated heterocycles. The van der Waals surface area contributed by atoms with Crippen LogP contribution in [0.5, 0.6) is 0 Å². The lowest BCUT2D eigenvalue weighted by Gasteiger charge is -2.51. The molecule has 1 rings (SSSR count). The van der Waals surface area contributed by atoms with E-state index in [1.807, 2.05) is 0 Å². The molecule has 1 aliphatic rings. The molecule has 0 N–H and O–H groups in total. The molecule has 0 aromatic heterocycles. The van der Waals surface area contributed by atoms with Crippen LogP contribution in [0.25, 0.3) is 0 Å². The van der Waals surface area contributed by atoms with Crippen molar-refractivity contribution in [2.45, 2.75) is 85.0 Å². The second-order valence-corrected chi connectivity index (χ2v) is 8.11. The van der Waals surface area contributed by atoms with Gasteiger partial charge in [0.15, 0.2) is 6.10 Å². The second-order valence-electron chi connectivity index (χ2n) is 8.11. The minimum atomic E-state index is -1.10. The fourth-order valence-corrected chi connectivity index (χ4v) is 3.27. The predicted octanol–water partition coefficient (Wildman–Crippen LogP) is 3.62. The van der Waals surface area contributed by atoms with Crippen molar-refractivity contribution >= 4 is 18.2 Å². The molecule has 0 bridgehead atoms. The summed E-state index contributed by atoms with van der Waals surface area (Å²) in [6, 6.07) is 0. The summed E-state index contributed by atoms with van der Waals surface area (Å²) in [7, 11) is 1.30. The lowest BCUT2D eigenvalue weighted by molar-refractivity contribution is -0.220. The Morgan fingerprint density at radius 1 is 1.37 bits per heavy atom. The van der Waals surface area contributed by atoms with Gasteiger partial charge in [0.05, 0.1) is 18.6 Å². The summed E-state index contributed by atoms with van der Waals surface area (Å²) in [6.07, 6.45) is 3.60. The molecule has 1 aliphatic heterocycles. The summed E-state index contributed by atoms with van der Waals surface area (Å²) < 4.78 is 16.9. The molecule has 6 nitrogen and oxygen atoms in total. The Kier molecular flexibility index (Phi) is 8.21. The van der Waals surface area contributed by atoms with Crippen LogP contribution < -0.4 is 0 Å². The summed E-state index contributed by atoms with van der Waals surface area (Å²) >= 11 is 0. The summed E-state index contributed by atoms with van der Waals surface area (Å²) in [5, 5.41) is 0. The molecule has 0 spiro atoms. The van der Waals surface area contributed by atoms with Gasteiger partial charge < -0.3 is 19.0 Å². The summed E-state index contributed by atoms with van der Waals surface area (Å²) in [6.45, 7) is 11.2. The van der Waals surface area contributed by atoms with Gasteiger partial charge in [0, 0.05) is 12.5 Å². The third-order valence-electron chi connectivity index (χ3n) is 5.69. The number of methoxy groups -OCH3 is 1. The number of carbonyl (C=O) groups excluding carboxylic acids is 3. The van der Waals surface area contributed by atoms with Gasteiger partial charge in [-0.1, -0.05) is 41.0 Å². The second kappa shape index (κ2) is 9.49. The lowest BCUT2D eigenvalue weighted by Crippen LogP contribution is -2.61. The third kappa shape index (κ3) is 5.41. The van der Waals surface area contributed by atoms with Crippen LogP contribution in [-0.2, 0) is 28.6 Å². The van der Waals surface area contributed by atoms with E-state index in [2.05, 4.69) is 13.8 Å². The molecule has 1 heterocycles. The van der Waals surface area contributed by atoms with Crippen molar-refractivity contribution in [3.05, 3.63) is 11.6 Å². The SMILES string of the molecule is CCC(=O)O[C@H]1/C(=C/C(=O)OC)C[C@@H](CC(C)CC)O[C@@]1(C)C(C)(C)C=O. The average molecular weight is 382 g/mol. The van der Waals surface area contributed by atoms with E-state index in [-0.39, 0.29) is 12.5 Å². The molecular weight excluding hydrogens is 348 g/mol. The molecule has 0 saturated carbocycles. The highest BCUT2D eigenvalue weighted by molar-refractivity contribution is 5.83. The van der Waals surface area contributed by atoms with Crippen LogP contribution in [0.15, 0.2) is 11.6 Å². The molecule has 0 aromatic rings. The maximum Gasteiger partial charge on any atom is 0.330 e. The molecule has 0 aliphatic carbocycles. The highest BCUT2D eigenvalue weighted by Crippen LogP contribution is 2.46. The van der Waals surface area contributed by atoms with Crippen molar-refractivity contribution in [2.24, 2.45) is 11.3 Å². The number of carbonyl (C=O) groups is 3. The van der Waals surface area contributed by atoms with E-state index in [1.54, 1.807) is 27.7 Å². The Hall–Kier alpha value is -1.69. The normalized spacial score (nSPS) is 28.5. The maximum atomic E-state index is 12.1. The van der Waals surface area contributed by atoms with Gasteiger partial charge in [0.1, 0.15) is 11.9 Å². The zero-order valence-corrected chi connectivity index (χ0v) is 17.7. The van der Waals surface area contributed by atoms with Crippen molar-refractivity contribution in [1.82, 2.24) is 0 Å². The standard InChI is InChI=1S/C21H34O6/c1-8-14(3)10-16-11-15(12-18(24)25-7)19(26-17(23)9-2)21(6,27-16)20(4,5)13-22/h12-14,16,19H,8-11H2,1-7H3/b15-12+/t14?,16-,19+,21-/m1/s1. The highest BCUT2D eigenvalue weighted by Gasteiger charge is 2.55. The summed E-state index contributed by atoms with van der Waals surface area (Å²) in [4.78, 5) is 35.9. The van der Waals surface area contributed by atoms with Crippen LogP contribution in [-0.4, -0.2) is 43.1 Å². The molecule has 1 fully saturated rings. The molecule has 154 valence electrons. The van der Waals surface area contributed by atoms with Crippen LogP contribution in [0.2, 0.25) is 0 Å². The average Bonchev–Trinajstić information content (AvgIpc) is 2.63. The first-order valence-electron chi connectivity index (χ1n) is 9.66. The molecule has 6 heteroatoms. The van der Waals surface area contributed by atoms with Crippen LogP contribution >= 0.6 is 0 Å². The lowest BCUT2D eigenvalue weighted by atomic mass is 9.68. The maximum absolute atomic E-state index is 12.1. The van der Waals surface area contributed by atoms with Crippen LogP contribution in [0, 0.1) is 11.3 Å². The van der Waals surface area contributed by atoms with E-state index in [4.69, 9.17) is 14.2 Å². The minimum Gasteiger partial charge on any atom is -0.466 e. The predicted molar refractivity (Wildman–Crippen MR) is 102 cm³/mol. The van der Waals surface area contributed by atoms with E-state index in [9.17, 15) is 14.4 Å². The third-order valence-corrected chi connectivity index (χ3v) is 5.69. The van der Waals surface area contributed by atoms with Gasteiger partial charge in [-0.05, 0) is 31.3 Å². The number of rotatable bonds is 8. The Morgan fingerprint density at radius 2 is 2.00 bits per heavy atom. The van der Waals surface area contributed by atoms with Gasteiger partial charge in [0.25, 0.3) is 0 Å². The Morgan fingerprint density at radius 3 is 2.48 bits per heavy atom. The van der Waals surface area contributed by atoms with Gasteiger partial charge in [-0.3, -0.25) is 4.79 Å². The van der Waals surface area contributed by atoms with E-state index in [0.717, 1.165) is 19.1 Å². The molecule has 0 aromatic carbocycles. The summed E-state index contributed by atoms with van der Waals surface area (Å²) in [5.41, 5.74) is -1.41. The Labute approximate surface area is 162 Å². The zero-order valence-electron chi connectivity index (χ0n) is 17.7. The van der Waals surface area contributed by atoms with E-state index in [1.165, 1.54) is 13.2 Å². The number of hydrogen-bond acceptors (Lipinski definition) is 6. The Balaban J connectivity index is 3.44. The molecule has 27 heavy (non-hydrogen) atoms. The van der Waals surface area contributed by atoms with Gasteiger partial charge >= 0.3 is 11.9 Å². The quantitative estimate of drug-likeness (QED) is 0.362. The summed E-state index contributed by atoms with van der Waals surface area (Å²) in [5.74, 6) is -0.502. The van der Waals surface area contributed by atoms with Gasteiger partial charge in [-0.25, -0.2) is 4.79 Å². The zero-order chi connectivity index (χ0) is 20.8. The van der Waals surface area contributed by atoms with Crippen molar-refractivity contribution in [3.63, 3.8) is 0 Å². The molecule has 4 atom stereocenters. The van der Waals surface area contributed by atoms with Crippen molar-refractivity contribution in [3.8, 4) is 0 Å². The van der Waals surface area contributed by atoms with Gasteiger partial charge in [0.2, 0.25) is 0 Å². The number of ether oxygens (including phenoxy) is 3. The van der Waals surface area contributed by atoms with Crippen molar-refractivity contribution < 1.29 is 28.6 Å². The van der Waals surface area contributed by atoms with Crippen molar-refractivity contribution in [1.29, 1.82) is 0 Å². The van der Waals surface area contributed by atoms with E-state index >= 15 is 0 Å². The Bertz CT molecular complexity index is 579. The van der Waals surface area contributed by atoms with E-state index in [0.29, 0.717) is 17.9 Å². The minimum absolute atomic E-state index is 0.184. The first-order valence-corrected chi connectivity index (χ1v) is 9.66. The van der Waals surface area contributed by atoms with Crippen molar-refractivity contribution in [2.75, 3.05) is 7.11 Å². The van der Waals surface area contributed by atoms with E-state index < -0.39 is 29.1 Å². The molecular formula is C21H34O6. The topological polar surface area (TPSA) is 78.9 Å². The van der Waals surface area contributed by atoms with Crippen LogP contribution in [0.3, 0.4) is 0 Å². The molecule has 1 unspecified atom stereocenters. The highest BCUT2D eigenvalue weighted by atomic mass is 16.6. The van der Waals surface area contributed by atoms with Gasteiger partial charge in [-0.2, -0.15) is 0 Å². The smallest absolute Gasteiger partial charge is 0.330 e. The monoisotopic (exact) mass is 382 g/mol. The first-order chi connectivity index (χ1) is 12.5.